The molecule has 0 unspecified atom stereocenters. The Morgan fingerprint density at radius 2 is 1.81 bits per heavy atom. The largest absolute Gasteiger partial charge is 0.494 e. The minimum absolute atomic E-state index is 0.164. The van der Waals surface area contributed by atoms with Crippen LogP contribution in [0.4, 0.5) is 4.39 Å². The standard InChI is InChI=1S/C33H31FN2O6S/c1-5-40-25-13-8-7-12-24(25)30-29(32(38)41-6-2)20(3)35-33-36(30)31(37)28(43-33)18-21-14-15-26(27(17-21)39-4)42-19-22-10-9-11-23(34)16-22/h7-18,30H,5-6,19H2,1-4H3/b28-18-/t30-/m0/s1. The van der Waals surface area contributed by atoms with E-state index in [2.05, 4.69) is 4.99 Å². The fourth-order valence-electron chi connectivity index (χ4n) is 4.91. The zero-order valence-electron chi connectivity index (χ0n) is 24.3. The molecule has 0 saturated carbocycles. The average molecular weight is 603 g/mol. The average Bonchev–Trinajstić information content (AvgIpc) is 3.30. The molecule has 1 atom stereocenters. The van der Waals surface area contributed by atoms with Crippen LogP contribution in [-0.4, -0.2) is 30.9 Å². The SMILES string of the molecule is CCOC(=O)C1=C(C)N=c2s/c(=C\c3ccc(OCc4cccc(F)c4)c(OC)c3)c(=O)n2[C@H]1c1ccccc1OCC. The monoisotopic (exact) mass is 602 g/mol. The Hall–Kier alpha value is -4.70. The van der Waals surface area contributed by atoms with E-state index >= 15 is 0 Å². The third-order valence-corrected chi connectivity index (χ3v) is 7.78. The van der Waals surface area contributed by atoms with Crippen molar-refractivity contribution in [2.45, 2.75) is 33.4 Å². The predicted octanol–water partition coefficient (Wildman–Crippen LogP) is 4.92. The van der Waals surface area contributed by atoms with E-state index in [0.717, 1.165) is 0 Å². The van der Waals surface area contributed by atoms with E-state index in [-0.39, 0.29) is 30.2 Å². The number of thiazole rings is 1. The Morgan fingerprint density at radius 3 is 2.56 bits per heavy atom. The molecule has 1 aromatic heterocycles. The highest BCUT2D eigenvalue weighted by atomic mass is 32.1. The summed E-state index contributed by atoms with van der Waals surface area (Å²) in [5, 5.41) is 0. The topological polar surface area (TPSA) is 88.4 Å². The molecule has 2 heterocycles. The van der Waals surface area contributed by atoms with Gasteiger partial charge in [-0.05, 0) is 68.3 Å². The summed E-state index contributed by atoms with van der Waals surface area (Å²) < 4.78 is 38.2. The smallest absolute Gasteiger partial charge is 0.338 e. The van der Waals surface area contributed by atoms with E-state index in [1.807, 2.05) is 31.2 Å². The number of fused-ring (bicyclic) bond motifs is 1. The molecule has 4 aromatic rings. The van der Waals surface area contributed by atoms with Crippen LogP contribution in [0, 0.1) is 5.82 Å². The Labute approximate surface area is 252 Å². The van der Waals surface area contributed by atoms with Gasteiger partial charge >= 0.3 is 5.97 Å². The van der Waals surface area contributed by atoms with Gasteiger partial charge in [0, 0.05) is 5.56 Å². The summed E-state index contributed by atoms with van der Waals surface area (Å²) in [5.74, 6) is 0.639. The van der Waals surface area contributed by atoms with Gasteiger partial charge in [-0.2, -0.15) is 0 Å². The maximum Gasteiger partial charge on any atom is 0.338 e. The van der Waals surface area contributed by atoms with Crippen molar-refractivity contribution in [1.29, 1.82) is 0 Å². The van der Waals surface area contributed by atoms with E-state index in [1.54, 1.807) is 50.3 Å². The minimum Gasteiger partial charge on any atom is -0.494 e. The number of hydrogen-bond acceptors (Lipinski definition) is 8. The molecule has 0 spiro atoms. The summed E-state index contributed by atoms with van der Waals surface area (Å²) in [6, 6.07) is 18.1. The van der Waals surface area contributed by atoms with Crippen molar-refractivity contribution >= 4 is 23.4 Å². The number of para-hydroxylation sites is 1. The van der Waals surface area contributed by atoms with Crippen molar-refractivity contribution in [3.8, 4) is 17.2 Å². The quantitative estimate of drug-likeness (QED) is 0.240. The second kappa shape index (κ2) is 13.1. The van der Waals surface area contributed by atoms with Crippen molar-refractivity contribution in [1.82, 2.24) is 4.57 Å². The van der Waals surface area contributed by atoms with Gasteiger partial charge < -0.3 is 18.9 Å². The summed E-state index contributed by atoms with van der Waals surface area (Å²) in [6.07, 6.45) is 1.75. The molecule has 8 nitrogen and oxygen atoms in total. The molecule has 0 N–H and O–H groups in total. The van der Waals surface area contributed by atoms with Crippen LogP contribution in [0.15, 0.2) is 87.8 Å². The third-order valence-electron chi connectivity index (χ3n) is 6.80. The molecule has 10 heteroatoms. The Morgan fingerprint density at radius 1 is 1.00 bits per heavy atom. The van der Waals surface area contributed by atoms with Crippen molar-refractivity contribution in [2.75, 3.05) is 20.3 Å². The first kappa shape index (κ1) is 29.8. The second-order valence-electron chi connectivity index (χ2n) is 9.60. The normalized spacial score (nSPS) is 14.6. The molecule has 5 rings (SSSR count). The van der Waals surface area contributed by atoms with Crippen molar-refractivity contribution in [2.24, 2.45) is 4.99 Å². The highest BCUT2D eigenvalue weighted by molar-refractivity contribution is 7.07. The van der Waals surface area contributed by atoms with Crippen LogP contribution in [0.1, 0.15) is 43.5 Å². The predicted molar refractivity (Wildman–Crippen MR) is 162 cm³/mol. The summed E-state index contributed by atoms with van der Waals surface area (Å²) in [7, 11) is 1.53. The number of carbonyl (C=O) groups is 1. The molecule has 0 amide bonds. The number of methoxy groups -OCH3 is 1. The van der Waals surface area contributed by atoms with Crippen LogP contribution >= 0.6 is 11.3 Å². The van der Waals surface area contributed by atoms with Crippen LogP contribution in [0.3, 0.4) is 0 Å². The number of carbonyl (C=O) groups excluding carboxylic acids is 1. The summed E-state index contributed by atoms with van der Waals surface area (Å²) in [6.45, 7) is 6.12. The van der Waals surface area contributed by atoms with E-state index in [0.29, 0.717) is 55.6 Å². The zero-order chi connectivity index (χ0) is 30.5. The van der Waals surface area contributed by atoms with Gasteiger partial charge in [-0.15, -0.1) is 0 Å². The van der Waals surface area contributed by atoms with Gasteiger partial charge in [-0.25, -0.2) is 14.2 Å². The molecule has 0 radical (unpaired) electrons. The van der Waals surface area contributed by atoms with Gasteiger partial charge in [0.15, 0.2) is 16.3 Å². The number of aromatic nitrogens is 1. The highest BCUT2D eigenvalue weighted by Crippen LogP contribution is 2.36. The first-order valence-corrected chi connectivity index (χ1v) is 14.6. The summed E-state index contributed by atoms with van der Waals surface area (Å²) in [5.41, 5.74) is 2.51. The molecule has 43 heavy (non-hydrogen) atoms. The van der Waals surface area contributed by atoms with Gasteiger partial charge in [-0.3, -0.25) is 9.36 Å². The first-order valence-electron chi connectivity index (χ1n) is 13.8. The Kier molecular flexibility index (Phi) is 9.06. The lowest BCUT2D eigenvalue weighted by Crippen LogP contribution is -2.40. The number of hydrogen-bond donors (Lipinski definition) is 0. The van der Waals surface area contributed by atoms with Gasteiger partial charge in [0.05, 0.1) is 36.1 Å². The molecule has 0 saturated heterocycles. The van der Waals surface area contributed by atoms with Crippen LogP contribution in [0.5, 0.6) is 17.2 Å². The number of allylic oxidation sites excluding steroid dienone is 1. The summed E-state index contributed by atoms with van der Waals surface area (Å²) >= 11 is 1.23. The van der Waals surface area contributed by atoms with Crippen molar-refractivity contribution in [3.05, 3.63) is 120 Å². The molecule has 3 aromatic carbocycles. The molecule has 0 aliphatic carbocycles. The van der Waals surface area contributed by atoms with E-state index in [1.165, 1.54) is 35.1 Å². The van der Waals surface area contributed by atoms with Crippen LogP contribution in [0.2, 0.25) is 0 Å². The third kappa shape index (κ3) is 6.24. The van der Waals surface area contributed by atoms with Crippen LogP contribution < -0.4 is 29.1 Å². The van der Waals surface area contributed by atoms with Gasteiger partial charge in [0.25, 0.3) is 5.56 Å². The van der Waals surface area contributed by atoms with Gasteiger partial charge in [-0.1, -0.05) is 47.7 Å². The molecule has 222 valence electrons. The number of halogens is 1. The number of esters is 1. The molecular weight excluding hydrogens is 571 g/mol. The number of rotatable bonds is 10. The maximum atomic E-state index is 14.0. The molecule has 1 aliphatic heterocycles. The fraction of sp³-hybridized carbons (Fsp3) is 0.242. The lowest BCUT2D eigenvalue weighted by atomic mass is 9.95. The minimum atomic E-state index is -0.784. The molecule has 0 fully saturated rings. The lowest BCUT2D eigenvalue weighted by Gasteiger charge is -2.26. The van der Waals surface area contributed by atoms with Gasteiger partial charge in [0.1, 0.15) is 24.2 Å². The number of nitrogens with zero attached hydrogens (tertiary/aromatic N) is 2. The first-order chi connectivity index (χ1) is 20.8. The second-order valence-corrected chi connectivity index (χ2v) is 10.6. The zero-order valence-corrected chi connectivity index (χ0v) is 25.1. The summed E-state index contributed by atoms with van der Waals surface area (Å²) in [4.78, 5) is 32.3. The number of benzene rings is 3. The fourth-order valence-corrected chi connectivity index (χ4v) is 5.96. The van der Waals surface area contributed by atoms with Crippen molar-refractivity contribution in [3.63, 3.8) is 0 Å². The van der Waals surface area contributed by atoms with E-state index in [9.17, 15) is 14.0 Å². The Balaban J connectivity index is 1.57. The van der Waals surface area contributed by atoms with E-state index in [4.69, 9.17) is 18.9 Å². The Bertz CT molecular complexity index is 1880. The molecular formula is C33H31FN2O6S. The van der Waals surface area contributed by atoms with Gasteiger partial charge in [0.2, 0.25) is 0 Å². The van der Waals surface area contributed by atoms with E-state index < -0.39 is 12.0 Å². The lowest BCUT2D eigenvalue weighted by molar-refractivity contribution is -0.139. The molecule has 0 bridgehead atoms. The van der Waals surface area contributed by atoms with Crippen molar-refractivity contribution < 1.29 is 28.1 Å². The van der Waals surface area contributed by atoms with Crippen LogP contribution in [-0.2, 0) is 16.1 Å². The van der Waals surface area contributed by atoms with Crippen LogP contribution in [0.25, 0.3) is 6.08 Å². The maximum absolute atomic E-state index is 14.0. The highest BCUT2D eigenvalue weighted by Gasteiger charge is 2.35. The molecule has 1 aliphatic rings. The number of ether oxygens (including phenoxy) is 4.